The van der Waals surface area contributed by atoms with Gasteiger partial charge in [0.2, 0.25) is 0 Å². The first-order valence-electron chi connectivity index (χ1n) is 8.98. The smallest absolute Gasteiger partial charge is 0.126 e. The summed E-state index contributed by atoms with van der Waals surface area (Å²) in [6, 6.07) is 8.43. The van der Waals surface area contributed by atoms with Gasteiger partial charge in [-0.1, -0.05) is 64.5 Å². The average molecular weight is 301 g/mol. The molecule has 122 valence electrons. The number of imidazole rings is 1. The Labute approximate surface area is 134 Å². The lowest BCUT2D eigenvalue weighted by atomic mass is 10.1. The highest BCUT2D eigenvalue weighted by Crippen LogP contribution is 2.22. The number of hydrogen-bond donors (Lipinski definition) is 1. The van der Waals surface area contributed by atoms with E-state index in [0.717, 1.165) is 24.3 Å². The zero-order valence-corrected chi connectivity index (χ0v) is 14.2. The number of aryl methyl sites for hydroxylation is 1. The molecule has 22 heavy (non-hydrogen) atoms. The summed E-state index contributed by atoms with van der Waals surface area (Å²) in [4.78, 5) is 4.76. The quantitative estimate of drug-likeness (QED) is 0.613. The van der Waals surface area contributed by atoms with Crippen LogP contribution in [0.2, 0.25) is 0 Å². The fourth-order valence-electron chi connectivity index (χ4n) is 3.02. The Hall–Kier alpha value is -1.35. The first kappa shape index (κ1) is 17.0. The highest BCUT2D eigenvalue weighted by atomic mass is 15.1. The summed E-state index contributed by atoms with van der Waals surface area (Å²) in [6.45, 7) is 5.43. The maximum absolute atomic E-state index is 6.26. The molecular weight excluding hydrogens is 270 g/mol. The van der Waals surface area contributed by atoms with Crippen molar-refractivity contribution in [1.29, 1.82) is 0 Å². The first-order chi connectivity index (χ1) is 10.8. The van der Waals surface area contributed by atoms with Crippen LogP contribution < -0.4 is 5.73 Å². The monoisotopic (exact) mass is 301 g/mol. The van der Waals surface area contributed by atoms with E-state index >= 15 is 0 Å². The minimum Gasteiger partial charge on any atom is -0.327 e. The third-order valence-electron chi connectivity index (χ3n) is 4.44. The number of rotatable bonds is 10. The molecule has 2 rings (SSSR count). The van der Waals surface area contributed by atoms with Gasteiger partial charge in [0, 0.05) is 6.54 Å². The van der Waals surface area contributed by atoms with Crippen molar-refractivity contribution in [2.45, 2.75) is 77.8 Å². The third kappa shape index (κ3) is 4.33. The lowest BCUT2D eigenvalue weighted by molar-refractivity contribution is 0.526. The molecule has 2 aromatic rings. The zero-order chi connectivity index (χ0) is 15.8. The molecule has 0 saturated heterocycles. The van der Waals surface area contributed by atoms with Gasteiger partial charge in [0.1, 0.15) is 5.82 Å². The Bertz CT molecular complexity index is 559. The second kappa shape index (κ2) is 8.94. The molecule has 1 heterocycles. The number of hydrogen-bond acceptors (Lipinski definition) is 2. The lowest BCUT2D eigenvalue weighted by Crippen LogP contribution is -2.16. The molecule has 1 atom stereocenters. The number of para-hydroxylation sites is 2. The predicted molar refractivity (Wildman–Crippen MR) is 94.9 cm³/mol. The van der Waals surface area contributed by atoms with Crippen molar-refractivity contribution < 1.29 is 0 Å². The molecule has 0 saturated carbocycles. The van der Waals surface area contributed by atoms with Gasteiger partial charge in [-0.2, -0.15) is 0 Å². The predicted octanol–water partition coefficient (Wildman–Crippen LogP) is 5.20. The van der Waals surface area contributed by atoms with Crippen molar-refractivity contribution >= 4 is 11.0 Å². The topological polar surface area (TPSA) is 43.8 Å². The summed E-state index contributed by atoms with van der Waals surface area (Å²) >= 11 is 0. The van der Waals surface area contributed by atoms with Crippen LogP contribution in [0.5, 0.6) is 0 Å². The van der Waals surface area contributed by atoms with E-state index in [1.165, 1.54) is 50.5 Å². The van der Waals surface area contributed by atoms with E-state index in [0.29, 0.717) is 0 Å². The van der Waals surface area contributed by atoms with Crippen molar-refractivity contribution in [3.05, 3.63) is 30.1 Å². The highest BCUT2D eigenvalue weighted by molar-refractivity contribution is 5.76. The molecule has 2 N–H and O–H groups in total. The second-order valence-corrected chi connectivity index (χ2v) is 6.25. The van der Waals surface area contributed by atoms with E-state index in [9.17, 15) is 0 Å². The molecule has 3 nitrogen and oxygen atoms in total. The molecule has 1 aromatic carbocycles. The van der Waals surface area contributed by atoms with Crippen molar-refractivity contribution in [2.75, 3.05) is 0 Å². The van der Waals surface area contributed by atoms with Gasteiger partial charge in [0.25, 0.3) is 0 Å². The van der Waals surface area contributed by atoms with Gasteiger partial charge in [0.15, 0.2) is 0 Å². The Kier molecular flexibility index (Phi) is 6.91. The number of fused-ring (bicyclic) bond motifs is 1. The van der Waals surface area contributed by atoms with E-state index in [1.54, 1.807) is 0 Å². The van der Waals surface area contributed by atoms with Crippen LogP contribution >= 0.6 is 0 Å². The van der Waals surface area contributed by atoms with E-state index < -0.39 is 0 Å². The van der Waals surface area contributed by atoms with Crippen molar-refractivity contribution in [1.82, 2.24) is 9.55 Å². The molecule has 0 spiro atoms. The van der Waals surface area contributed by atoms with Crippen LogP contribution in [0.3, 0.4) is 0 Å². The second-order valence-electron chi connectivity index (χ2n) is 6.25. The molecule has 0 radical (unpaired) electrons. The molecule has 0 fully saturated rings. The molecule has 3 heteroatoms. The average Bonchev–Trinajstić information content (AvgIpc) is 2.92. The Morgan fingerprint density at radius 3 is 2.41 bits per heavy atom. The minimum atomic E-state index is 0.0388. The SMILES string of the molecule is CCCCCCCCCn1c(C(N)CC)nc2ccccc21. The molecule has 1 aromatic heterocycles. The fourth-order valence-corrected chi connectivity index (χ4v) is 3.02. The van der Waals surface area contributed by atoms with Crippen LogP contribution in [0, 0.1) is 0 Å². The van der Waals surface area contributed by atoms with Crippen LogP contribution in [0.15, 0.2) is 24.3 Å². The van der Waals surface area contributed by atoms with E-state index in [1.807, 2.05) is 0 Å². The molecule has 0 aliphatic heterocycles. The van der Waals surface area contributed by atoms with Crippen LogP contribution in [-0.2, 0) is 6.54 Å². The summed E-state index contributed by atoms with van der Waals surface area (Å²) in [5.74, 6) is 1.05. The summed E-state index contributed by atoms with van der Waals surface area (Å²) in [5.41, 5.74) is 8.56. The summed E-state index contributed by atoms with van der Waals surface area (Å²) in [7, 11) is 0. The van der Waals surface area contributed by atoms with Gasteiger partial charge in [-0.15, -0.1) is 0 Å². The Morgan fingerprint density at radius 1 is 1.00 bits per heavy atom. The molecule has 0 bridgehead atoms. The number of aromatic nitrogens is 2. The largest absolute Gasteiger partial charge is 0.327 e. The van der Waals surface area contributed by atoms with Crippen molar-refractivity contribution in [3.63, 3.8) is 0 Å². The van der Waals surface area contributed by atoms with E-state index in [2.05, 4.69) is 42.7 Å². The van der Waals surface area contributed by atoms with Crippen molar-refractivity contribution in [3.8, 4) is 0 Å². The molecular formula is C19H31N3. The van der Waals surface area contributed by atoms with Crippen LogP contribution in [-0.4, -0.2) is 9.55 Å². The first-order valence-corrected chi connectivity index (χ1v) is 8.98. The summed E-state index contributed by atoms with van der Waals surface area (Å²) < 4.78 is 2.34. The van der Waals surface area contributed by atoms with Crippen LogP contribution in [0.1, 0.15) is 77.1 Å². The lowest BCUT2D eigenvalue weighted by Gasteiger charge is -2.13. The van der Waals surface area contributed by atoms with Crippen LogP contribution in [0.4, 0.5) is 0 Å². The van der Waals surface area contributed by atoms with Gasteiger partial charge >= 0.3 is 0 Å². The maximum atomic E-state index is 6.26. The zero-order valence-electron chi connectivity index (χ0n) is 14.2. The highest BCUT2D eigenvalue weighted by Gasteiger charge is 2.15. The van der Waals surface area contributed by atoms with Gasteiger partial charge in [-0.3, -0.25) is 0 Å². The van der Waals surface area contributed by atoms with Gasteiger partial charge in [-0.05, 0) is 25.0 Å². The number of nitrogens with two attached hydrogens (primary N) is 1. The van der Waals surface area contributed by atoms with E-state index in [4.69, 9.17) is 10.7 Å². The fraction of sp³-hybridized carbons (Fsp3) is 0.632. The molecule has 0 amide bonds. The Balaban J connectivity index is 1.96. The Morgan fingerprint density at radius 2 is 1.68 bits per heavy atom. The summed E-state index contributed by atoms with van der Waals surface area (Å²) in [6.07, 6.45) is 10.3. The number of unbranched alkanes of at least 4 members (excludes halogenated alkanes) is 6. The maximum Gasteiger partial charge on any atom is 0.126 e. The number of benzene rings is 1. The molecule has 0 aliphatic rings. The molecule has 1 unspecified atom stereocenters. The minimum absolute atomic E-state index is 0.0388. The summed E-state index contributed by atoms with van der Waals surface area (Å²) in [5, 5.41) is 0. The van der Waals surface area contributed by atoms with Gasteiger partial charge < -0.3 is 10.3 Å². The number of nitrogens with zero attached hydrogens (tertiary/aromatic N) is 2. The van der Waals surface area contributed by atoms with Crippen molar-refractivity contribution in [2.24, 2.45) is 5.73 Å². The van der Waals surface area contributed by atoms with Gasteiger partial charge in [0.05, 0.1) is 17.1 Å². The molecule has 0 aliphatic carbocycles. The van der Waals surface area contributed by atoms with Gasteiger partial charge in [-0.25, -0.2) is 4.98 Å². The normalized spacial score (nSPS) is 12.9. The van der Waals surface area contributed by atoms with E-state index in [-0.39, 0.29) is 6.04 Å². The standard InChI is InChI=1S/C19H31N3/c1-3-5-6-7-8-9-12-15-22-18-14-11-10-13-17(18)21-19(22)16(20)4-2/h10-11,13-14,16H,3-9,12,15,20H2,1-2H3. The third-order valence-corrected chi connectivity index (χ3v) is 4.44. The van der Waals surface area contributed by atoms with Crippen LogP contribution in [0.25, 0.3) is 11.0 Å².